The molecule has 0 spiro atoms. The monoisotopic (exact) mass is 716 g/mol. The predicted octanol–water partition coefficient (Wildman–Crippen LogP) is 13.9. The van der Waals surface area contributed by atoms with Crippen LogP contribution < -0.4 is 5.32 Å². The van der Waals surface area contributed by atoms with Gasteiger partial charge in [0.05, 0.1) is 11.7 Å². The Hall–Kier alpha value is -7.23. The maximum Gasteiger partial charge on any atom is 0.136 e. The van der Waals surface area contributed by atoms with E-state index in [1.165, 1.54) is 49.0 Å². The predicted molar refractivity (Wildman–Crippen MR) is 235 cm³/mol. The first-order chi connectivity index (χ1) is 27.6. The van der Waals surface area contributed by atoms with E-state index >= 15 is 0 Å². The average Bonchev–Trinajstić information content (AvgIpc) is 3.64. The number of fused-ring (bicyclic) bond motifs is 6. The van der Waals surface area contributed by atoms with Gasteiger partial charge in [0.15, 0.2) is 0 Å². The molecule has 0 bridgehead atoms. The molecular formula is C53H36N2O. The molecule has 3 heteroatoms. The summed E-state index contributed by atoms with van der Waals surface area (Å²) in [5.41, 5.74) is 11.8. The highest BCUT2D eigenvalue weighted by Crippen LogP contribution is 2.43. The molecule has 10 aromatic rings. The molecule has 0 amide bonds. The number of furan rings is 1. The van der Waals surface area contributed by atoms with E-state index in [1.807, 2.05) is 6.07 Å². The molecule has 3 nitrogen and oxygen atoms in total. The van der Waals surface area contributed by atoms with E-state index in [4.69, 9.17) is 9.41 Å². The van der Waals surface area contributed by atoms with E-state index in [9.17, 15) is 0 Å². The molecule has 1 aliphatic heterocycles. The zero-order chi connectivity index (χ0) is 37.2. The summed E-state index contributed by atoms with van der Waals surface area (Å²) in [7, 11) is 0. The van der Waals surface area contributed by atoms with Crippen molar-refractivity contribution in [2.45, 2.75) is 13.0 Å². The van der Waals surface area contributed by atoms with Crippen molar-refractivity contribution >= 4 is 65.8 Å². The zero-order valence-electron chi connectivity index (χ0n) is 30.8. The van der Waals surface area contributed by atoms with Gasteiger partial charge in [0.2, 0.25) is 0 Å². The lowest BCUT2D eigenvalue weighted by molar-refractivity contribution is 0.669. The van der Waals surface area contributed by atoms with Crippen molar-refractivity contribution in [3.8, 4) is 22.3 Å². The van der Waals surface area contributed by atoms with Crippen LogP contribution >= 0.6 is 0 Å². The van der Waals surface area contributed by atoms with Crippen molar-refractivity contribution < 1.29 is 4.42 Å². The summed E-state index contributed by atoms with van der Waals surface area (Å²) < 4.78 is 6.64. The normalized spacial score (nSPS) is 14.5. The number of hydrogen-bond donors (Lipinski definition) is 1. The molecule has 0 saturated heterocycles. The molecule has 2 heterocycles. The Morgan fingerprint density at radius 1 is 0.446 bits per heavy atom. The smallest absolute Gasteiger partial charge is 0.136 e. The summed E-state index contributed by atoms with van der Waals surface area (Å²) in [5, 5.41) is 13.4. The van der Waals surface area contributed by atoms with E-state index in [2.05, 4.69) is 194 Å². The minimum atomic E-state index is -0.122. The first-order valence-electron chi connectivity index (χ1n) is 19.2. The second-order valence-corrected chi connectivity index (χ2v) is 14.8. The molecule has 0 aliphatic carbocycles. The zero-order valence-corrected chi connectivity index (χ0v) is 30.8. The third-order valence-corrected chi connectivity index (χ3v) is 11.5. The average molecular weight is 717 g/mol. The van der Waals surface area contributed by atoms with Crippen molar-refractivity contribution in [1.82, 2.24) is 5.32 Å². The van der Waals surface area contributed by atoms with Gasteiger partial charge in [-0.2, -0.15) is 0 Å². The Balaban J connectivity index is 1.12. The molecule has 264 valence electrons. The molecule has 1 aromatic heterocycles. The molecule has 1 atom stereocenters. The van der Waals surface area contributed by atoms with Gasteiger partial charge in [-0.15, -0.1) is 0 Å². The van der Waals surface area contributed by atoms with Gasteiger partial charge in [0.1, 0.15) is 17.0 Å². The molecule has 9 aromatic carbocycles. The van der Waals surface area contributed by atoms with Gasteiger partial charge >= 0.3 is 0 Å². The summed E-state index contributed by atoms with van der Waals surface area (Å²) in [4.78, 5) is 5.55. The number of aliphatic imine (C=N–C) groups is 1. The van der Waals surface area contributed by atoms with Crippen molar-refractivity contribution in [2.75, 3.05) is 0 Å². The first-order valence-corrected chi connectivity index (χ1v) is 19.2. The van der Waals surface area contributed by atoms with Crippen LogP contribution in [-0.2, 0) is 0 Å². The quantitative estimate of drug-likeness (QED) is 0.193. The van der Waals surface area contributed by atoms with Crippen LogP contribution in [0, 0.1) is 0 Å². The molecule has 56 heavy (non-hydrogen) atoms. The van der Waals surface area contributed by atoms with Crippen LogP contribution in [0.5, 0.6) is 0 Å². The van der Waals surface area contributed by atoms with Crippen molar-refractivity contribution in [3.05, 3.63) is 210 Å². The van der Waals surface area contributed by atoms with Crippen LogP contribution in [-0.4, -0.2) is 5.84 Å². The van der Waals surface area contributed by atoms with E-state index in [-0.39, 0.29) is 6.04 Å². The van der Waals surface area contributed by atoms with Crippen LogP contribution in [0.4, 0.5) is 0 Å². The van der Waals surface area contributed by atoms with Gasteiger partial charge in [-0.05, 0) is 103 Å². The Morgan fingerprint density at radius 2 is 1.05 bits per heavy atom. The topological polar surface area (TPSA) is 37.5 Å². The number of rotatable bonds is 5. The van der Waals surface area contributed by atoms with Gasteiger partial charge < -0.3 is 9.73 Å². The van der Waals surface area contributed by atoms with Crippen LogP contribution in [0.25, 0.3) is 82.2 Å². The Labute approximate surface area is 324 Å². The number of nitrogens with one attached hydrogen (secondary N) is 1. The molecule has 1 aliphatic rings. The number of benzene rings is 9. The molecule has 1 unspecified atom stereocenters. The van der Waals surface area contributed by atoms with Gasteiger partial charge in [0.25, 0.3) is 0 Å². The highest BCUT2D eigenvalue weighted by atomic mass is 16.3. The summed E-state index contributed by atoms with van der Waals surface area (Å²) in [6.07, 6.45) is 0. The maximum atomic E-state index is 6.64. The first kappa shape index (κ1) is 32.2. The third kappa shape index (κ3) is 5.39. The van der Waals surface area contributed by atoms with Crippen LogP contribution in [0.2, 0.25) is 0 Å². The van der Waals surface area contributed by atoms with E-state index in [0.717, 1.165) is 61.3 Å². The van der Waals surface area contributed by atoms with Crippen molar-refractivity contribution in [2.24, 2.45) is 4.99 Å². The van der Waals surface area contributed by atoms with E-state index < -0.39 is 0 Å². The maximum absolute atomic E-state index is 6.64. The van der Waals surface area contributed by atoms with E-state index in [0.29, 0.717) is 0 Å². The Bertz CT molecular complexity index is 3230. The number of amidine groups is 1. The van der Waals surface area contributed by atoms with Crippen LogP contribution in [0.15, 0.2) is 203 Å². The summed E-state index contributed by atoms with van der Waals surface area (Å²) >= 11 is 0. The SMILES string of the molecule is CC1=C(c2cc(-c3ccc4ccccc4c3)cc3oc4ccccc4c23)N=C(c2ccc3ccccc3c2)NC1c1ccc(-c2cccc3ccccc23)cc1. The van der Waals surface area contributed by atoms with Gasteiger partial charge in [0, 0.05) is 21.9 Å². The highest BCUT2D eigenvalue weighted by Gasteiger charge is 2.28. The summed E-state index contributed by atoms with van der Waals surface area (Å²) in [5.74, 6) is 0.844. The Kier molecular flexibility index (Phi) is 7.46. The molecule has 0 saturated carbocycles. The summed E-state index contributed by atoms with van der Waals surface area (Å²) in [6.45, 7) is 2.23. The third-order valence-electron chi connectivity index (χ3n) is 11.5. The number of nitrogens with zero attached hydrogens (tertiary/aromatic N) is 1. The lowest BCUT2D eigenvalue weighted by Crippen LogP contribution is -2.33. The molecule has 0 fully saturated rings. The van der Waals surface area contributed by atoms with Crippen molar-refractivity contribution in [1.29, 1.82) is 0 Å². The minimum absolute atomic E-state index is 0.122. The second kappa shape index (κ2) is 13.0. The fraction of sp³-hybridized carbons (Fsp3) is 0.0377. The van der Waals surface area contributed by atoms with Gasteiger partial charge in [-0.3, -0.25) is 0 Å². The molecule has 11 rings (SSSR count). The fourth-order valence-electron chi connectivity index (χ4n) is 8.61. The lowest BCUT2D eigenvalue weighted by atomic mass is 9.89. The standard InChI is InChI=1S/C53H36N2O/c1-33-51(38-25-23-37(24-26-38)45-19-10-16-36-13-6-7-17-44(36)45)54-53(42-28-22-35-12-3-5-15-40(35)30-42)55-52(33)47-31-43(41-27-21-34-11-2-4-14-39(34)29-41)32-49-50(47)46-18-8-9-20-48(46)56-49/h2-32,51H,1H3,(H,54,55). The molecule has 0 radical (unpaired) electrons. The largest absolute Gasteiger partial charge is 0.456 e. The molecular weight excluding hydrogens is 681 g/mol. The number of hydrogen-bond acceptors (Lipinski definition) is 3. The van der Waals surface area contributed by atoms with Gasteiger partial charge in [-0.25, -0.2) is 4.99 Å². The lowest BCUT2D eigenvalue weighted by Gasteiger charge is -2.29. The van der Waals surface area contributed by atoms with Crippen molar-refractivity contribution in [3.63, 3.8) is 0 Å². The highest BCUT2D eigenvalue weighted by molar-refractivity contribution is 6.14. The van der Waals surface area contributed by atoms with E-state index in [1.54, 1.807) is 0 Å². The van der Waals surface area contributed by atoms with Crippen LogP contribution in [0.1, 0.15) is 29.7 Å². The fourth-order valence-corrected chi connectivity index (χ4v) is 8.61. The van der Waals surface area contributed by atoms with Gasteiger partial charge in [-0.1, -0.05) is 158 Å². The minimum Gasteiger partial charge on any atom is -0.456 e. The van der Waals surface area contributed by atoms with Crippen LogP contribution in [0.3, 0.4) is 0 Å². The Morgan fingerprint density at radius 3 is 1.82 bits per heavy atom. The summed E-state index contributed by atoms with van der Waals surface area (Å²) in [6, 6.07) is 67.3. The second-order valence-electron chi connectivity index (χ2n) is 14.8. The number of para-hydroxylation sites is 1. The molecule has 1 N–H and O–H groups in total.